The molecule has 2 aromatic rings. The summed E-state index contributed by atoms with van der Waals surface area (Å²) in [6.45, 7) is 9.78. The SMILES string of the molecule is CCN(CC)CCN(C(=O)COc1cccc(C)c1)c1ccccc1. The molecule has 0 saturated heterocycles. The quantitative estimate of drug-likeness (QED) is 0.697. The number of benzene rings is 2. The third-order valence-electron chi connectivity index (χ3n) is 4.26. The van der Waals surface area contributed by atoms with Gasteiger partial charge in [0, 0.05) is 18.8 Å². The first-order chi connectivity index (χ1) is 12.1. The Balaban J connectivity index is 2.04. The van der Waals surface area contributed by atoms with E-state index in [9.17, 15) is 4.79 Å². The van der Waals surface area contributed by atoms with Crippen molar-refractivity contribution in [1.29, 1.82) is 0 Å². The van der Waals surface area contributed by atoms with Crippen LogP contribution >= 0.6 is 0 Å². The van der Waals surface area contributed by atoms with Gasteiger partial charge in [-0.2, -0.15) is 0 Å². The maximum atomic E-state index is 12.8. The molecule has 0 unspecified atom stereocenters. The van der Waals surface area contributed by atoms with Gasteiger partial charge >= 0.3 is 0 Å². The van der Waals surface area contributed by atoms with E-state index in [0.29, 0.717) is 6.54 Å². The van der Waals surface area contributed by atoms with Crippen molar-refractivity contribution in [3.63, 3.8) is 0 Å². The monoisotopic (exact) mass is 340 g/mol. The number of carbonyl (C=O) groups is 1. The van der Waals surface area contributed by atoms with Crippen LogP contribution in [0.15, 0.2) is 54.6 Å². The van der Waals surface area contributed by atoms with E-state index in [4.69, 9.17) is 4.74 Å². The van der Waals surface area contributed by atoms with Gasteiger partial charge in [0.2, 0.25) is 0 Å². The summed E-state index contributed by atoms with van der Waals surface area (Å²) in [4.78, 5) is 16.9. The average Bonchev–Trinajstić information content (AvgIpc) is 2.64. The van der Waals surface area contributed by atoms with Gasteiger partial charge in [-0.15, -0.1) is 0 Å². The van der Waals surface area contributed by atoms with Gasteiger partial charge in [0.25, 0.3) is 5.91 Å². The summed E-state index contributed by atoms with van der Waals surface area (Å²) in [5, 5.41) is 0. The lowest BCUT2D eigenvalue weighted by Gasteiger charge is -2.26. The van der Waals surface area contributed by atoms with Gasteiger partial charge in [0.15, 0.2) is 6.61 Å². The number of aryl methyl sites for hydroxylation is 1. The molecule has 0 heterocycles. The number of likely N-dealkylation sites (N-methyl/N-ethyl adjacent to an activating group) is 1. The Kier molecular flexibility index (Phi) is 7.48. The third-order valence-corrected chi connectivity index (χ3v) is 4.26. The van der Waals surface area contributed by atoms with Gasteiger partial charge in [0.1, 0.15) is 5.75 Å². The van der Waals surface area contributed by atoms with Gasteiger partial charge in [-0.05, 0) is 49.8 Å². The molecule has 25 heavy (non-hydrogen) atoms. The molecule has 2 aromatic carbocycles. The van der Waals surface area contributed by atoms with Crippen molar-refractivity contribution in [2.45, 2.75) is 20.8 Å². The first-order valence-corrected chi connectivity index (χ1v) is 8.91. The number of para-hydroxylation sites is 1. The topological polar surface area (TPSA) is 32.8 Å². The van der Waals surface area contributed by atoms with Crippen LogP contribution in [0.3, 0.4) is 0 Å². The molecule has 0 aliphatic rings. The Morgan fingerprint density at radius 2 is 1.68 bits per heavy atom. The van der Waals surface area contributed by atoms with Gasteiger partial charge in [-0.25, -0.2) is 0 Å². The Labute approximate surface area is 151 Å². The highest BCUT2D eigenvalue weighted by atomic mass is 16.5. The molecular weight excluding hydrogens is 312 g/mol. The van der Waals surface area contributed by atoms with Crippen molar-refractivity contribution in [2.75, 3.05) is 37.7 Å². The molecule has 0 saturated carbocycles. The number of nitrogens with zero attached hydrogens (tertiary/aromatic N) is 2. The van der Waals surface area contributed by atoms with Crippen molar-refractivity contribution in [1.82, 2.24) is 4.90 Å². The summed E-state index contributed by atoms with van der Waals surface area (Å²) in [6.07, 6.45) is 0. The summed E-state index contributed by atoms with van der Waals surface area (Å²) in [5.74, 6) is 0.699. The van der Waals surface area contributed by atoms with E-state index in [1.54, 1.807) is 0 Å². The second-order valence-corrected chi connectivity index (χ2v) is 6.01. The molecule has 1 amide bonds. The van der Waals surface area contributed by atoms with Gasteiger partial charge < -0.3 is 14.5 Å². The van der Waals surface area contributed by atoms with E-state index < -0.39 is 0 Å². The molecule has 4 nitrogen and oxygen atoms in total. The molecule has 0 spiro atoms. The Bertz CT molecular complexity index is 654. The molecule has 134 valence electrons. The Morgan fingerprint density at radius 3 is 2.32 bits per heavy atom. The minimum Gasteiger partial charge on any atom is -0.484 e. The highest BCUT2D eigenvalue weighted by Gasteiger charge is 2.17. The zero-order valence-corrected chi connectivity index (χ0v) is 15.4. The minimum atomic E-state index is -0.0279. The van der Waals surface area contributed by atoms with Crippen LogP contribution in [-0.2, 0) is 4.79 Å². The van der Waals surface area contributed by atoms with Gasteiger partial charge in [-0.3, -0.25) is 4.79 Å². The Morgan fingerprint density at radius 1 is 0.960 bits per heavy atom. The van der Waals surface area contributed by atoms with E-state index in [-0.39, 0.29) is 12.5 Å². The maximum absolute atomic E-state index is 12.8. The van der Waals surface area contributed by atoms with Gasteiger partial charge in [-0.1, -0.05) is 44.2 Å². The number of rotatable bonds is 9. The predicted molar refractivity (Wildman–Crippen MR) is 103 cm³/mol. The van der Waals surface area contributed by atoms with Gasteiger partial charge in [0.05, 0.1) is 0 Å². The van der Waals surface area contributed by atoms with E-state index in [1.165, 1.54) is 0 Å². The second kappa shape index (κ2) is 9.84. The largest absolute Gasteiger partial charge is 0.484 e. The van der Waals surface area contributed by atoms with Crippen LogP contribution in [0, 0.1) is 6.92 Å². The molecule has 4 heteroatoms. The van der Waals surface area contributed by atoms with Crippen molar-refractivity contribution in [3.8, 4) is 5.75 Å². The minimum absolute atomic E-state index is 0.0279. The lowest BCUT2D eigenvalue weighted by atomic mass is 10.2. The normalized spacial score (nSPS) is 10.7. The first kappa shape index (κ1) is 19.0. The summed E-state index contributed by atoms with van der Waals surface area (Å²) in [6, 6.07) is 17.6. The van der Waals surface area contributed by atoms with Crippen LogP contribution < -0.4 is 9.64 Å². The summed E-state index contributed by atoms with van der Waals surface area (Å²) < 4.78 is 5.71. The van der Waals surface area contributed by atoms with Crippen LogP contribution in [0.5, 0.6) is 5.75 Å². The fourth-order valence-corrected chi connectivity index (χ4v) is 2.72. The van der Waals surface area contributed by atoms with E-state index in [2.05, 4.69) is 18.7 Å². The molecular formula is C21H28N2O2. The highest BCUT2D eigenvalue weighted by molar-refractivity contribution is 5.94. The van der Waals surface area contributed by atoms with Crippen LogP contribution in [0.4, 0.5) is 5.69 Å². The maximum Gasteiger partial charge on any atom is 0.264 e. The van der Waals surface area contributed by atoms with Crippen molar-refractivity contribution in [2.24, 2.45) is 0 Å². The van der Waals surface area contributed by atoms with Crippen molar-refractivity contribution >= 4 is 11.6 Å². The molecule has 0 N–H and O–H groups in total. The Hall–Kier alpha value is -2.33. The van der Waals surface area contributed by atoms with Crippen molar-refractivity contribution in [3.05, 3.63) is 60.2 Å². The highest BCUT2D eigenvalue weighted by Crippen LogP contribution is 2.16. The molecule has 0 aliphatic heterocycles. The molecule has 0 fully saturated rings. The van der Waals surface area contributed by atoms with E-state index in [0.717, 1.165) is 36.6 Å². The van der Waals surface area contributed by atoms with E-state index >= 15 is 0 Å². The lowest BCUT2D eigenvalue weighted by Crippen LogP contribution is -2.41. The number of anilines is 1. The van der Waals surface area contributed by atoms with Crippen molar-refractivity contribution < 1.29 is 9.53 Å². The molecule has 0 bridgehead atoms. The van der Waals surface area contributed by atoms with Crippen LogP contribution in [0.2, 0.25) is 0 Å². The first-order valence-electron chi connectivity index (χ1n) is 8.91. The molecule has 0 aliphatic carbocycles. The fourth-order valence-electron chi connectivity index (χ4n) is 2.72. The van der Waals surface area contributed by atoms with Crippen LogP contribution in [-0.4, -0.2) is 43.6 Å². The second-order valence-electron chi connectivity index (χ2n) is 6.01. The number of hydrogen-bond donors (Lipinski definition) is 0. The average molecular weight is 340 g/mol. The van der Waals surface area contributed by atoms with E-state index in [1.807, 2.05) is 66.4 Å². The zero-order valence-electron chi connectivity index (χ0n) is 15.4. The lowest BCUT2D eigenvalue weighted by molar-refractivity contribution is -0.120. The standard InChI is InChI=1S/C21H28N2O2/c1-4-22(5-2)14-15-23(19-11-7-6-8-12-19)21(24)17-25-20-13-9-10-18(3)16-20/h6-13,16H,4-5,14-15,17H2,1-3H3. The third kappa shape index (κ3) is 5.91. The molecule has 2 rings (SSSR count). The smallest absolute Gasteiger partial charge is 0.264 e. The number of ether oxygens (including phenoxy) is 1. The molecule has 0 atom stereocenters. The molecule has 0 radical (unpaired) electrons. The number of carbonyl (C=O) groups excluding carboxylic acids is 1. The fraction of sp³-hybridized carbons (Fsp3) is 0.381. The summed E-state index contributed by atoms with van der Waals surface area (Å²) in [7, 11) is 0. The number of hydrogen-bond acceptors (Lipinski definition) is 3. The summed E-state index contributed by atoms with van der Waals surface area (Å²) >= 11 is 0. The van der Waals surface area contributed by atoms with Crippen LogP contribution in [0.25, 0.3) is 0 Å². The zero-order chi connectivity index (χ0) is 18.1. The predicted octanol–water partition coefficient (Wildman–Crippen LogP) is 3.75. The summed E-state index contributed by atoms with van der Waals surface area (Å²) in [5.41, 5.74) is 2.03. The number of amides is 1. The molecule has 0 aromatic heterocycles. The van der Waals surface area contributed by atoms with Crippen LogP contribution in [0.1, 0.15) is 19.4 Å².